The lowest BCUT2D eigenvalue weighted by Crippen LogP contribution is -2.51. The van der Waals surface area contributed by atoms with Crippen LogP contribution in [0.5, 0.6) is 0 Å². The predicted octanol–water partition coefficient (Wildman–Crippen LogP) is 3.99. The summed E-state index contributed by atoms with van der Waals surface area (Å²) in [6, 6.07) is 12.3. The molecule has 2 saturated heterocycles. The first kappa shape index (κ1) is 27.3. The Hall–Kier alpha value is -3.30. The maximum Gasteiger partial charge on any atom is 0.337 e. The Balaban J connectivity index is 1.54. The average Bonchev–Trinajstić information content (AvgIpc) is 3.50. The number of amides is 1. The number of rotatable bonds is 9. The van der Waals surface area contributed by atoms with Gasteiger partial charge in [-0.25, -0.2) is 13.6 Å². The lowest BCUT2D eigenvalue weighted by molar-refractivity contribution is -0.141. The van der Waals surface area contributed by atoms with Crippen LogP contribution in [0.4, 0.5) is 14.5 Å². The predicted molar refractivity (Wildman–Crippen MR) is 143 cm³/mol. The van der Waals surface area contributed by atoms with Gasteiger partial charge in [0.25, 0.3) is 5.91 Å². The highest BCUT2D eigenvalue weighted by atomic mass is 19.1. The van der Waals surface area contributed by atoms with Crippen molar-refractivity contribution in [3.05, 3.63) is 76.9 Å². The molecule has 3 aliphatic heterocycles. The maximum atomic E-state index is 14.8. The molecule has 0 saturated carbocycles. The van der Waals surface area contributed by atoms with E-state index in [1.165, 1.54) is 12.1 Å². The molecule has 0 radical (unpaired) electrons. The van der Waals surface area contributed by atoms with Gasteiger partial charge in [0, 0.05) is 12.1 Å². The number of carbonyl (C=O) groups is 2. The number of benzene rings is 2. The van der Waals surface area contributed by atoms with Crippen LogP contribution in [0.25, 0.3) is 0 Å². The van der Waals surface area contributed by atoms with E-state index < -0.39 is 35.4 Å². The monoisotopic (exact) mass is 539 g/mol. The number of esters is 1. The highest BCUT2D eigenvalue weighted by Gasteiger charge is 2.60. The first-order valence-corrected chi connectivity index (χ1v) is 13.6. The number of hydrogen-bond acceptors (Lipinski definition) is 6. The number of halogens is 2. The quantitative estimate of drug-likeness (QED) is 0.470. The van der Waals surface area contributed by atoms with Gasteiger partial charge in [-0.1, -0.05) is 30.3 Å². The van der Waals surface area contributed by atoms with Crippen LogP contribution in [0.3, 0.4) is 0 Å². The topological polar surface area (TPSA) is 79.9 Å². The van der Waals surface area contributed by atoms with E-state index in [0.717, 1.165) is 37.6 Å². The van der Waals surface area contributed by atoms with Gasteiger partial charge in [0.15, 0.2) is 0 Å². The third-order valence-corrected chi connectivity index (χ3v) is 8.03. The van der Waals surface area contributed by atoms with Gasteiger partial charge in [-0.2, -0.15) is 0 Å². The van der Waals surface area contributed by atoms with E-state index in [2.05, 4.69) is 22.6 Å². The van der Waals surface area contributed by atoms with Gasteiger partial charge in [-0.15, -0.1) is 0 Å². The zero-order valence-electron chi connectivity index (χ0n) is 22.3. The summed E-state index contributed by atoms with van der Waals surface area (Å²) in [5, 5.41) is 6.34. The fourth-order valence-electron chi connectivity index (χ4n) is 6.06. The highest BCUT2D eigenvalue weighted by Crippen LogP contribution is 2.51. The lowest BCUT2D eigenvalue weighted by Gasteiger charge is -2.37. The van der Waals surface area contributed by atoms with Crippen LogP contribution in [0.2, 0.25) is 0 Å². The lowest BCUT2D eigenvalue weighted by atomic mass is 9.75. The molecular weight excluding hydrogens is 504 g/mol. The number of ether oxygens (including phenoxy) is 2. The summed E-state index contributed by atoms with van der Waals surface area (Å²) < 4.78 is 40.5. The second-order valence-electron chi connectivity index (χ2n) is 10.6. The van der Waals surface area contributed by atoms with Crippen molar-refractivity contribution in [2.45, 2.75) is 62.8 Å². The summed E-state index contributed by atoms with van der Waals surface area (Å²) >= 11 is 0. The van der Waals surface area contributed by atoms with E-state index >= 15 is 0 Å². The average molecular weight is 540 g/mol. The third kappa shape index (κ3) is 5.56. The molecular formula is C30H35F2N3O4. The van der Waals surface area contributed by atoms with Crippen molar-refractivity contribution in [1.29, 1.82) is 0 Å². The van der Waals surface area contributed by atoms with E-state index in [4.69, 9.17) is 9.47 Å². The molecule has 3 aliphatic rings. The van der Waals surface area contributed by atoms with Crippen molar-refractivity contribution in [3.8, 4) is 0 Å². The molecule has 9 heteroatoms. The Kier molecular flexibility index (Phi) is 8.00. The molecule has 3 heterocycles. The Morgan fingerprint density at radius 1 is 1.13 bits per heavy atom. The van der Waals surface area contributed by atoms with Crippen molar-refractivity contribution in [2.24, 2.45) is 0 Å². The van der Waals surface area contributed by atoms with Crippen LogP contribution in [-0.2, 0) is 25.5 Å². The molecule has 2 aromatic carbocycles. The number of carbonyl (C=O) groups excluding carboxylic acids is 2. The van der Waals surface area contributed by atoms with Gasteiger partial charge in [0.05, 0.1) is 35.6 Å². The first-order valence-electron chi connectivity index (χ1n) is 13.6. The molecule has 2 fully saturated rings. The standard InChI is InChI=1S/C30H35F2N3O4/c1-3-38-29(37)27-26(28(36)33-21-12-15-35(2)16-13-21)24-11-14-30(27,39-24)25(17-19-7-5-4-6-8-19)34-23-10-9-20(31)18-22(23)32/h4-10,18,21,24-25,34H,3,11-17H2,1-2H3,(H,33,36). The van der Waals surface area contributed by atoms with Crippen LogP contribution in [0, 0.1) is 11.6 Å². The molecule has 1 amide bonds. The van der Waals surface area contributed by atoms with E-state index in [0.29, 0.717) is 24.8 Å². The van der Waals surface area contributed by atoms with Crippen molar-refractivity contribution in [2.75, 3.05) is 32.1 Å². The van der Waals surface area contributed by atoms with Crippen LogP contribution >= 0.6 is 0 Å². The third-order valence-electron chi connectivity index (χ3n) is 8.03. The number of fused-ring (bicyclic) bond motifs is 2. The van der Waals surface area contributed by atoms with Gasteiger partial charge in [0.2, 0.25) is 0 Å². The van der Waals surface area contributed by atoms with E-state index in [1.54, 1.807) is 6.92 Å². The largest absolute Gasteiger partial charge is 0.463 e. The maximum absolute atomic E-state index is 14.8. The molecule has 0 spiro atoms. The summed E-state index contributed by atoms with van der Waals surface area (Å²) in [7, 11) is 2.05. The molecule has 0 aromatic heterocycles. The zero-order valence-corrected chi connectivity index (χ0v) is 22.3. The number of piperidine rings is 1. The van der Waals surface area contributed by atoms with Crippen molar-refractivity contribution in [3.63, 3.8) is 0 Å². The minimum atomic E-state index is -1.23. The molecule has 7 nitrogen and oxygen atoms in total. The summed E-state index contributed by atoms with van der Waals surface area (Å²) in [5.74, 6) is -2.36. The molecule has 2 bridgehead atoms. The summed E-state index contributed by atoms with van der Waals surface area (Å²) in [6.45, 7) is 3.61. The number of nitrogens with zero attached hydrogens (tertiary/aromatic N) is 1. The molecule has 2 N–H and O–H groups in total. The number of nitrogens with one attached hydrogen (secondary N) is 2. The number of likely N-dealkylation sites (tertiary alicyclic amines) is 1. The molecule has 39 heavy (non-hydrogen) atoms. The van der Waals surface area contributed by atoms with Crippen molar-refractivity contribution >= 4 is 17.6 Å². The Morgan fingerprint density at radius 2 is 1.87 bits per heavy atom. The van der Waals surface area contributed by atoms with Crippen molar-refractivity contribution in [1.82, 2.24) is 10.2 Å². The van der Waals surface area contributed by atoms with Crippen LogP contribution in [0.1, 0.15) is 38.2 Å². The fourth-order valence-corrected chi connectivity index (χ4v) is 6.06. The van der Waals surface area contributed by atoms with Crippen LogP contribution in [-0.4, -0.2) is 67.3 Å². The molecule has 0 aliphatic carbocycles. The smallest absolute Gasteiger partial charge is 0.337 e. The van der Waals surface area contributed by atoms with Gasteiger partial charge < -0.3 is 25.0 Å². The summed E-state index contributed by atoms with van der Waals surface area (Å²) in [5.41, 5.74) is 0.296. The second kappa shape index (κ2) is 11.4. The molecule has 3 atom stereocenters. The first-order chi connectivity index (χ1) is 18.8. The molecule has 3 unspecified atom stereocenters. The second-order valence-corrected chi connectivity index (χ2v) is 10.6. The SMILES string of the molecule is CCOC(=O)C1=C(C(=O)NC2CCN(C)CC2)C2CCC1(C(Cc1ccccc1)Nc1ccc(F)cc1F)O2. The zero-order chi connectivity index (χ0) is 27.6. The van der Waals surface area contributed by atoms with Crippen molar-refractivity contribution < 1.29 is 27.8 Å². The van der Waals surface area contributed by atoms with E-state index in [9.17, 15) is 18.4 Å². The molecule has 2 aromatic rings. The van der Waals surface area contributed by atoms with E-state index in [-0.39, 0.29) is 29.8 Å². The number of hydrogen-bond donors (Lipinski definition) is 2. The Morgan fingerprint density at radius 3 is 2.56 bits per heavy atom. The molecule has 208 valence electrons. The van der Waals surface area contributed by atoms with E-state index in [1.807, 2.05) is 30.3 Å². The minimum absolute atomic E-state index is 0.00581. The van der Waals surface area contributed by atoms with Gasteiger partial charge in [-0.05, 0) is 76.9 Å². The van der Waals surface area contributed by atoms with Gasteiger partial charge in [0.1, 0.15) is 17.2 Å². The normalized spacial score (nSPS) is 24.1. The van der Waals surface area contributed by atoms with Gasteiger partial charge >= 0.3 is 5.97 Å². The Labute approximate surface area is 227 Å². The summed E-state index contributed by atoms with van der Waals surface area (Å²) in [6.07, 6.45) is 2.43. The number of anilines is 1. The molecule has 5 rings (SSSR count). The fraction of sp³-hybridized carbons (Fsp3) is 0.467. The summed E-state index contributed by atoms with van der Waals surface area (Å²) in [4.78, 5) is 29.4. The Bertz CT molecular complexity index is 1250. The van der Waals surface area contributed by atoms with Crippen LogP contribution < -0.4 is 10.6 Å². The highest BCUT2D eigenvalue weighted by molar-refractivity contribution is 6.06. The van der Waals surface area contributed by atoms with Gasteiger partial charge in [-0.3, -0.25) is 4.79 Å². The minimum Gasteiger partial charge on any atom is -0.463 e. The van der Waals surface area contributed by atoms with Crippen LogP contribution in [0.15, 0.2) is 59.7 Å².